The van der Waals surface area contributed by atoms with Crippen LogP contribution in [0.2, 0.25) is 0 Å². The minimum atomic E-state index is -0.662. The number of morpholine rings is 1. The van der Waals surface area contributed by atoms with Crippen molar-refractivity contribution in [2.75, 3.05) is 39.4 Å². The molecule has 0 unspecified atom stereocenters. The van der Waals surface area contributed by atoms with Gasteiger partial charge in [0.2, 0.25) is 5.88 Å². The summed E-state index contributed by atoms with van der Waals surface area (Å²) in [5.41, 5.74) is -0.740. The van der Waals surface area contributed by atoms with E-state index in [2.05, 4.69) is 21.5 Å². The largest absolute Gasteiger partial charge is 0.494 e. The number of aromatic hydroxyl groups is 1. The number of aliphatic imine (C=N–C) groups is 1. The van der Waals surface area contributed by atoms with Crippen LogP contribution in [0, 0.1) is 0 Å². The summed E-state index contributed by atoms with van der Waals surface area (Å²) in [6, 6.07) is 0. The highest BCUT2D eigenvalue weighted by Crippen LogP contribution is 2.13. The van der Waals surface area contributed by atoms with E-state index in [1.54, 1.807) is 0 Å². The highest BCUT2D eigenvalue weighted by Gasteiger charge is 2.18. The molecule has 1 aliphatic heterocycles. The van der Waals surface area contributed by atoms with Crippen LogP contribution in [0.25, 0.3) is 0 Å². The SMILES string of the molecule is C=CCn1c(O)c(C(CC)=NCCN2CCOCC2)c(=O)[nH]c1=O. The van der Waals surface area contributed by atoms with Gasteiger partial charge in [-0.2, -0.15) is 0 Å². The van der Waals surface area contributed by atoms with E-state index in [0.717, 1.165) is 37.4 Å². The van der Waals surface area contributed by atoms with Crippen LogP contribution in [0.1, 0.15) is 18.9 Å². The van der Waals surface area contributed by atoms with Crippen LogP contribution in [0.5, 0.6) is 5.88 Å². The third kappa shape index (κ3) is 4.21. The molecule has 0 saturated carbocycles. The number of ether oxygens (including phenoxy) is 1. The summed E-state index contributed by atoms with van der Waals surface area (Å²) in [7, 11) is 0. The molecule has 2 rings (SSSR count). The molecular formula is C16H24N4O4. The number of hydrogen-bond donors (Lipinski definition) is 2. The summed E-state index contributed by atoms with van der Waals surface area (Å²) < 4.78 is 6.37. The highest BCUT2D eigenvalue weighted by atomic mass is 16.5. The zero-order valence-electron chi connectivity index (χ0n) is 14.0. The fourth-order valence-corrected chi connectivity index (χ4v) is 2.64. The second-order valence-electron chi connectivity index (χ2n) is 5.49. The monoisotopic (exact) mass is 336 g/mol. The lowest BCUT2D eigenvalue weighted by molar-refractivity contribution is 0.0394. The minimum Gasteiger partial charge on any atom is -0.494 e. The first-order valence-electron chi connectivity index (χ1n) is 8.09. The summed E-state index contributed by atoms with van der Waals surface area (Å²) in [6.45, 7) is 9.97. The standard InChI is InChI=1S/C16H24N4O4/c1-3-6-20-15(22)13(14(21)18-16(20)23)12(4-2)17-5-7-19-8-10-24-11-9-19/h3,22H,1,4-11H2,2H3,(H,18,21,23). The van der Waals surface area contributed by atoms with Crippen molar-refractivity contribution in [2.24, 2.45) is 4.99 Å². The minimum absolute atomic E-state index is 0.0564. The fraction of sp³-hybridized carbons (Fsp3) is 0.562. The summed E-state index contributed by atoms with van der Waals surface area (Å²) in [5, 5.41) is 10.3. The quantitative estimate of drug-likeness (QED) is 0.538. The number of allylic oxidation sites excluding steroid dienone is 1. The van der Waals surface area contributed by atoms with Crippen LogP contribution >= 0.6 is 0 Å². The normalized spacial score (nSPS) is 16.3. The summed E-state index contributed by atoms with van der Waals surface area (Å²) in [4.78, 5) is 32.8. The Morgan fingerprint density at radius 3 is 2.75 bits per heavy atom. The molecule has 0 radical (unpaired) electrons. The fourth-order valence-electron chi connectivity index (χ4n) is 2.64. The molecule has 2 heterocycles. The van der Waals surface area contributed by atoms with E-state index in [1.165, 1.54) is 6.08 Å². The van der Waals surface area contributed by atoms with Crippen molar-refractivity contribution in [1.29, 1.82) is 0 Å². The molecule has 0 spiro atoms. The molecule has 1 aromatic heterocycles. The molecular weight excluding hydrogens is 312 g/mol. The van der Waals surface area contributed by atoms with Gasteiger partial charge in [0.05, 0.1) is 25.5 Å². The van der Waals surface area contributed by atoms with Gasteiger partial charge in [0.25, 0.3) is 5.56 Å². The van der Waals surface area contributed by atoms with Gasteiger partial charge in [-0.15, -0.1) is 6.58 Å². The van der Waals surface area contributed by atoms with Crippen molar-refractivity contribution < 1.29 is 9.84 Å². The molecule has 0 amide bonds. The number of hydrogen-bond acceptors (Lipinski definition) is 6. The molecule has 8 nitrogen and oxygen atoms in total. The van der Waals surface area contributed by atoms with Gasteiger partial charge in [0.1, 0.15) is 5.56 Å². The Hall–Kier alpha value is -2.19. The second kappa shape index (κ2) is 8.60. The Morgan fingerprint density at radius 2 is 2.12 bits per heavy atom. The van der Waals surface area contributed by atoms with Crippen LogP contribution in [-0.2, 0) is 11.3 Å². The molecule has 0 aliphatic carbocycles. The van der Waals surface area contributed by atoms with Gasteiger partial charge < -0.3 is 9.84 Å². The third-order valence-electron chi connectivity index (χ3n) is 3.93. The Morgan fingerprint density at radius 1 is 1.42 bits per heavy atom. The average Bonchev–Trinajstić information content (AvgIpc) is 2.58. The van der Waals surface area contributed by atoms with Crippen molar-refractivity contribution in [3.05, 3.63) is 39.1 Å². The molecule has 132 valence electrons. The maximum absolute atomic E-state index is 12.1. The van der Waals surface area contributed by atoms with Crippen molar-refractivity contribution in [2.45, 2.75) is 19.9 Å². The van der Waals surface area contributed by atoms with Crippen LogP contribution in [0.4, 0.5) is 0 Å². The van der Waals surface area contributed by atoms with E-state index >= 15 is 0 Å². The summed E-state index contributed by atoms with van der Waals surface area (Å²) >= 11 is 0. The van der Waals surface area contributed by atoms with E-state index in [1.807, 2.05) is 6.92 Å². The van der Waals surface area contributed by atoms with Gasteiger partial charge in [-0.1, -0.05) is 13.0 Å². The topological polar surface area (TPSA) is 99.9 Å². The molecule has 8 heteroatoms. The lowest BCUT2D eigenvalue weighted by atomic mass is 10.1. The van der Waals surface area contributed by atoms with E-state index < -0.39 is 11.2 Å². The van der Waals surface area contributed by atoms with Crippen LogP contribution in [-0.4, -0.2) is 64.7 Å². The van der Waals surface area contributed by atoms with Gasteiger partial charge in [0, 0.05) is 26.2 Å². The summed E-state index contributed by atoms with van der Waals surface area (Å²) in [5.74, 6) is -0.365. The zero-order valence-corrected chi connectivity index (χ0v) is 14.0. The molecule has 2 N–H and O–H groups in total. The molecule has 1 fully saturated rings. The Labute approximate surface area is 140 Å². The number of nitrogens with one attached hydrogen (secondary N) is 1. The van der Waals surface area contributed by atoms with Gasteiger partial charge in [-0.05, 0) is 6.42 Å². The van der Waals surface area contributed by atoms with Crippen LogP contribution in [0.3, 0.4) is 0 Å². The van der Waals surface area contributed by atoms with E-state index in [0.29, 0.717) is 18.7 Å². The average molecular weight is 336 g/mol. The predicted molar refractivity (Wildman–Crippen MR) is 92.1 cm³/mol. The van der Waals surface area contributed by atoms with E-state index in [4.69, 9.17) is 4.74 Å². The maximum Gasteiger partial charge on any atom is 0.331 e. The molecule has 0 atom stereocenters. The van der Waals surface area contributed by atoms with Gasteiger partial charge >= 0.3 is 5.69 Å². The molecule has 1 aliphatic rings. The van der Waals surface area contributed by atoms with Crippen molar-refractivity contribution >= 4 is 5.71 Å². The zero-order chi connectivity index (χ0) is 17.5. The number of aromatic nitrogens is 2. The first kappa shape index (κ1) is 18.2. The first-order valence-corrected chi connectivity index (χ1v) is 8.09. The van der Waals surface area contributed by atoms with E-state index in [9.17, 15) is 14.7 Å². The molecule has 1 saturated heterocycles. The van der Waals surface area contributed by atoms with Gasteiger partial charge in [0.15, 0.2) is 0 Å². The lowest BCUT2D eigenvalue weighted by Crippen LogP contribution is -2.38. The van der Waals surface area contributed by atoms with Crippen molar-refractivity contribution in [1.82, 2.24) is 14.5 Å². The smallest absolute Gasteiger partial charge is 0.331 e. The lowest BCUT2D eigenvalue weighted by Gasteiger charge is -2.25. The van der Waals surface area contributed by atoms with Gasteiger partial charge in [-0.25, -0.2) is 4.79 Å². The Bertz CT molecular complexity index is 714. The maximum atomic E-state index is 12.1. The number of H-pyrrole nitrogens is 1. The predicted octanol–water partition coefficient (Wildman–Crippen LogP) is -0.0405. The van der Waals surface area contributed by atoms with Crippen LogP contribution in [0.15, 0.2) is 27.2 Å². The van der Waals surface area contributed by atoms with Crippen molar-refractivity contribution in [3.63, 3.8) is 0 Å². The number of nitrogens with zero attached hydrogens (tertiary/aromatic N) is 3. The molecule has 0 aromatic carbocycles. The van der Waals surface area contributed by atoms with Crippen molar-refractivity contribution in [3.8, 4) is 5.88 Å². The van der Waals surface area contributed by atoms with E-state index in [-0.39, 0.29) is 18.0 Å². The molecule has 0 bridgehead atoms. The summed E-state index contributed by atoms with van der Waals surface area (Å²) in [6.07, 6.45) is 1.95. The number of aromatic amines is 1. The Kier molecular flexibility index (Phi) is 6.51. The number of rotatable bonds is 7. The third-order valence-corrected chi connectivity index (χ3v) is 3.93. The molecule has 1 aromatic rings. The first-order chi connectivity index (χ1) is 11.6. The van der Waals surface area contributed by atoms with Crippen LogP contribution < -0.4 is 11.2 Å². The van der Waals surface area contributed by atoms with Gasteiger partial charge in [-0.3, -0.25) is 24.2 Å². The second-order valence-corrected chi connectivity index (χ2v) is 5.49. The highest BCUT2D eigenvalue weighted by molar-refractivity contribution is 6.01. The molecule has 24 heavy (non-hydrogen) atoms. The Balaban J connectivity index is 2.24.